The summed E-state index contributed by atoms with van der Waals surface area (Å²) in [6.07, 6.45) is 10.2. The lowest BCUT2D eigenvalue weighted by atomic mass is 10.0. The molecule has 0 unspecified atom stereocenters. The van der Waals surface area contributed by atoms with Crippen LogP contribution in [0.2, 0.25) is 0 Å². The predicted molar refractivity (Wildman–Crippen MR) is 142 cm³/mol. The summed E-state index contributed by atoms with van der Waals surface area (Å²) in [6, 6.07) is 8.96. The third-order valence-electron chi connectivity index (χ3n) is 6.17. The fourth-order valence-corrected chi connectivity index (χ4v) is 4.37. The van der Waals surface area contributed by atoms with Crippen LogP contribution in [0.5, 0.6) is 0 Å². The van der Waals surface area contributed by atoms with Crippen molar-refractivity contribution in [1.82, 2.24) is 40.0 Å². The number of fused-ring (bicyclic) bond motifs is 2. The maximum atomic E-state index is 14.6. The molecule has 184 valence electrons. The number of nitrogens with zero attached hydrogens (tertiary/aromatic N) is 6. The van der Waals surface area contributed by atoms with Gasteiger partial charge in [0, 0.05) is 53.7 Å². The van der Waals surface area contributed by atoms with Crippen molar-refractivity contribution in [3.05, 3.63) is 73.3 Å². The Morgan fingerprint density at radius 2 is 1.78 bits per heavy atom. The van der Waals surface area contributed by atoms with Gasteiger partial charge in [0.15, 0.2) is 0 Å². The number of rotatable bonds is 7. The molecule has 3 N–H and O–H groups in total. The van der Waals surface area contributed by atoms with Crippen molar-refractivity contribution in [3.8, 4) is 33.9 Å². The van der Waals surface area contributed by atoms with Gasteiger partial charge in [-0.1, -0.05) is 0 Å². The lowest BCUT2D eigenvalue weighted by Gasteiger charge is -2.13. The van der Waals surface area contributed by atoms with E-state index in [1.807, 2.05) is 32.3 Å². The molecule has 5 aromatic heterocycles. The summed E-state index contributed by atoms with van der Waals surface area (Å²) in [7, 11) is 4.01. The Hall–Kier alpha value is -4.70. The van der Waals surface area contributed by atoms with Gasteiger partial charge >= 0.3 is 0 Å². The van der Waals surface area contributed by atoms with Gasteiger partial charge in [0.2, 0.25) is 0 Å². The Balaban J connectivity index is 1.41. The van der Waals surface area contributed by atoms with Crippen molar-refractivity contribution in [2.45, 2.75) is 0 Å². The summed E-state index contributed by atoms with van der Waals surface area (Å²) in [4.78, 5) is 22.9. The largest absolute Gasteiger partial charge is 0.384 e. The molecular formula is C27H24FN9. The standard InChI is InChI=1S/C27H24FN9/c1-37(2)6-5-31-18-8-16(7-17(28)9-18)21-12-30-13-24-19(21)10-23(34-24)27-20-11-22(26-14-29-3-4-32-26)33-15-25(20)35-36-27/h3-4,7-15,31,34H,5-6H2,1-2H3,(H,35,36). The summed E-state index contributed by atoms with van der Waals surface area (Å²) in [5.74, 6) is -0.306. The number of benzene rings is 1. The van der Waals surface area contributed by atoms with Crippen LogP contribution in [0, 0.1) is 5.82 Å². The molecule has 5 heterocycles. The van der Waals surface area contributed by atoms with E-state index < -0.39 is 0 Å². The van der Waals surface area contributed by atoms with E-state index in [0.29, 0.717) is 17.9 Å². The minimum Gasteiger partial charge on any atom is -0.384 e. The smallest absolute Gasteiger partial charge is 0.125 e. The normalized spacial score (nSPS) is 11.6. The Morgan fingerprint density at radius 1 is 0.865 bits per heavy atom. The van der Waals surface area contributed by atoms with Crippen LogP contribution in [0.15, 0.2) is 67.5 Å². The molecule has 0 aliphatic rings. The van der Waals surface area contributed by atoms with Crippen molar-refractivity contribution in [1.29, 1.82) is 0 Å². The van der Waals surface area contributed by atoms with Crippen LogP contribution >= 0.6 is 0 Å². The van der Waals surface area contributed by atoms with Gasteiger partial charge in [-0.05, 0) is 50.0 Å². The number of aromatic nitrogens is 7. The van der Waals surface area contributed by atoms with E-state index in [2.05, 4.69) is 45.3 Å². The lowest BCUT2D eigenvalue weighted by Crippen LogP contribution is -2.20. The van der Waals surface area contributed by atoms with E-state index in [-0.39, 0.29) is 5.82 Å². The minimum atomic E-state index is -0.306. The maximum absolute atomic E-state index is 14.6. The summed E-state index contributed by atoms with van der Waals surface area (Å²) < 4.78 is 14.6. The van der Waals surface area contributed by atoms with Crippen LogP contribution in [-0.4, -0.2) is 67.2 Å². The molecule has 6 aromatic rings. The van der Waals surface area contributed by atoms with Crippen molar-refractivity contribution in [3.63, 3.8) is 0 Å². The van der Waals surface area contributed by atoms with E-state index in [4.69, 9.17) is 0 Å². The van der Waals surface area contributed by atoms with Gasteiger partial charge in [0.05, 0.1) is 41.0 Å². The van der Waals surface area contributed by atoms with Crippen LogP contribution in [0.1, 0.15) is 0 Å². The topological polar surface area (TPSA) is 111 Å². The lowest BCUT2D eigenvalue weighted by molar-refractivity contribution is 0.425. The van der Waals surface area contributed by atoms with Crippen LogP contribution in [0.25, 0.3) is 55.7 Å². The minimum absolute atomic E-state index is 0.306. The second-order valence-corrected chi connectivity index (χ2v) is 9.07. The highest BCUT2D eigenvalue weighted by atomic mass is 19.1. The highest BCUT2D eigenvalue weighted by Gasteiger charge is 2.16. The van der Waals surface area contributed by atoms with Crippen LogP contribution in [-0.2, 0) is 0 Å². The van der Waals surface area contributed by atoms with E-state index in [1.165, 1.54) is 12.1 Å². The molecular weight excluding hydrogens is 469 g/mol. The zero-order chi connectivity index (χ0) is 25.4. The first kappa shape index (κ1) is 22.7. The fourth-order valence-electron chi connectivity index (χ4n) is 4.37. The van der Waals surface area contributed by atoms with E-state index >= 15 is 0 Å². The van der Waals surface area contributed by atoms with Crippen molar-refractivity contribution in [2.24, 2.45) is 0 Å². The number of H-pyrrole nitrogens is 2. The number of hydrogen-bond acceptors (Lipinski definition) is 7. The number of anilines is 1. The predicted octanol–water partition coefficient (Wildman–Crippen LogP) is 4.74. The molecule has 0 aliphatic carbocycles. The second-order valence-electron chi connectivity index (χ2n) is 9.07. The molecule has 0 spiro atoms. The van der Waals surface area contributed by atoms with Gasteiger partial charge in [-0.2, -0.15) is 5.10 Å². The van der Waals surface area contributed by atoms with Gasteiger partial charge in [-0.3, -0.25) is 25.0 Å². The summed E-state index contributed by atoms with van der Waals surface area (Å²) in [5.41, 5.74) is 6.89. The summed E-state index contributed by atoms with van der Waals surface area (Å²) in [6.45, 7) is 1.56. The number of nitrogens with one attached hydrogen (secondary N) is 3. The van der Waals surface area contributed by atoms with Gasteiger partial charge < -0.3 is 15.2 Å². The highest BCUT2D eigenvalue weighted by molar-refractivity contribution is 6.01. The first-order valence-electron chi connectivity index (χ1n) is 11.8. The number of halogens is 1. The molecule has 0 bridgehead atoms. The first-order chi connectivity index (χ1) is 18.0. The molecule has 0 saturated carbocycles. The zero-order valence-electron chi connectivity index (χ0n) is 20.3. The summed E-state index contributed by atoms with van der Waals surface area (Å²) in [5, 5.41) is 12.7. The molecule has 37 heavy (non-hydrogen) atoms. The monoisotopic (exact) mass is 493 g/mol. The SMILES string of the molecule is CN(C)CCNc1cc(F)cc(-c2cncc3[nH]c(-c4n[nH]c5cnc(-c6cnccn6)cc45)cc23)c1. The zero-order valence-corrected chi connectivity index (χ0v) is 20.3. The molecule has 0 atom stereocenters. The van der Waals surface area contributed by atoms with E-state index in [0.717, 1.165) is 56.6 Å². The van der Waals surface area contributed by atoms with Crippen molar-refractivity contribution >= 4 is 27.5 Å². The number of hydrogen-bond donors (Lipinski definition) is 3. The molecule has 0 saturated heterocycles. The number of pyridine rings is 2. The molecule has 1 aromatic carbocycles. The fraction of sp³-hybridized carbons (Fsp3) is 0.148. The van der Waals surface area contributed by atoms with Crippen LogP contribution in [0.4, 0.5) is 10.1 Å². The third-order valence-corrected chi connectivity index (χ3v) is 6.17. The second kappa shape index (κ2) is 9.40. The van der Waals surface area contributed by atoms with Gasteiger partial charge in [0.25, 0.3) is 0 Å². The van der Waals surface area contributed by atoms with Gasteiger partial charge in [-0.25, -0.2) is 4.39 Å². The average molecular weight is 494 g/mol. The van der Waals surface area contributed by atoms with Crippen molar-refractivity contribution in [2.75, 3.05) is 32.5 Å². The molecule has 0 aliphatic heterocycles. The Kier molecular flexibility index (Phi) is 5.78. The van der Waals surface area contributed by atoms with Crippen molar-refractivity contribution < 1.29 is 4.39 Å². The molecule has 10 heteroatoms. The Morgan fingerprint density at radius 3 is 2.62 bits per heavy atom. The molecule has 0 amide bonds. The first-order valence-corrected chi connectivity index (χ1v) is 11.8. The Labute approximate surface area is 211 Å². The van der Waals surface area contributed by atoms with E-state index in [9.17, 15) is 4.39 Å². The number of aromatic amines is 2. The average Bonchev–Trinajstić information content (AvgIpc) is 3.52. The van der Waals surface area contributed by atoms with Gasteiger partial charge in [-0.15, -0.1) is 0 Å². The maximum Gasteiger partial charge on any atom is 0.125 e. The number of likely N-dealkylation sites (N-methyl/N-ethyl adjacent to an activating group) is 1. The van der Waals surface area contributed by atoms with E-state index in [1.54, 1.807) is 37.2 Å². The van der Waals surface area contributed by atoms with Crippen LogP contribution in [0.3, 0.4) is 0 Å². The summed E-state index contributed by atoms with van der Waals surface area (Å²) >= 11 is 0. The molecule has 0 radical (unpaired) electrons. The molecule has 9 nitrogen and oxygen atoms in total. The molecule has 0 fully saturated rings. The quantitative estimate of drug-likeness (QED) is 0.295. The van der Waals surface area contributed by atoms with Crippen LogP contribution < -0.4 is 5.32 Å². The third kappa shape index (κ3) is 4.50. The molecule has 6 rings (SSSR count). The Bertz CT molecular complexity index is 1710. The van der Waals surface area contributed by atoms with Gasteiger partial charge in [0.1, 0.15) is 17.2 Å². The highest BCUT2D eigenvalue weighted by Crippen LogP contribution is 2.35.